The predicted octanol–water partition coefficient (Wildman–Crippen LogP) is 1.28. The third-order valence-electron chi connectivity index (χ3n) is 2.02. The van der Waals surface area contributed by atoms with E-state index >= 15 is 0 Å². The largest absolute Gasteiger partial charge is 0.351 e. The van der Waals surface area contributed by atoms with Gasteiger partial charge < -0.3 is 22.1 Å². The van der Waals surface area contributed by atoms with Crippen molar-refractivity contribution in [2.75, 3.05) is 17.2 Å². The van der Waals surface area contributed by atoms with Gasteiger partial charge in [0, 0.05) is 17.8 Å². The number of amides is 3. The van der Waals surface area contributed by atoms with Gasteiger partial charge in [0.25, 0.3) is 0 Å². The van der Waals surface area contributed by atoms with E-state index in [4.69, 9.17) is 11.5 Å². The van der Waals surface area contributed by atoms with E-state index in [1.807, 2.05) is 0 Å². The Morgan fingerprint density at radius 2 is 1.78 bits per heavy atom. The molecule has 100 valence electrons. The van der Waals surface area contributed by atoms with Crippen molar-refractivity contribution in [1.29, 1.82) is 0 Å². The van der Waals surface area contributed by atoms with E-state index in [-0.39, 0.29) is 18.3 Å². The van der Waals surface area contributed by atoms with Gasteiger partial charge >= 0.3 is 6.03 Å². The van der Waals surface area contributed by atoms with Crippen LogP contribution in [0, 0.1) is 0 Å². The Balaban J connectivity index is 0.00000289. The Bertz CT molecular complexity index is 412. The van der Waals surface area contributed by atoms with Crippen molar-refractivity contribution in [1.82, 2.24) is 0 Å². The molecule has 0 aromatic heterocycles. The second-order valence-corrected chi connectivity index (χ2v) is 3.51. The van der Waals surface area contributed by atoms with Crippen LogP contribution in [-0.2, 0) is 4.79 Å². The summed E-state index contributed by atoms with van der Waals surface area (Å²) in [6.45, 7) is 0.483. The zero-order valence-corrected chi connectivity index (χ0v) is 10.6. The highest BCUT2D eigenvalue weighted by molar-refractivity contribution is 5.93. The number of carbonyl (C=O) groups excluding carboxylic acids is 2. The minimum Gasteiger partial charge on any atom is -0.351 e. The summed E-state index contributed by atoms with van der Waals surface area (Å²) in [7, 11) is 0. The van der Waals surface area contributed by atoms with E-state index in [0.29, 0.717) is 30.8 Å². The summed E-state index contributed by atoms with van der Waals surface area (Å²) < 4.78 is 0. The molecule has 0 aliphatic carbocycles. The maximum Gasteiger partial charge on any atom is 0.316 e. The Kier molecular flexibility index (Phi) is 7.50. The third-order valence-corrected chi connectivity index (χ3v) is 2.02. The van der Waals surface area contributed by atoms with Crippen molar-refractivity contribution in [2.24, 2.45) is 11.5 Å². The summed E-state index contributed by atoms with van der Waals surface area (Å²) in [5, 5.41) is 5.13. The van der Waals surface area contributed by atoms with E-state index in [9.17, 15) is 9.59 Å². The average Bonchev–Trinajstić information content (AvgIpc) is 2.26. The van der Waals surface area contributed by atoms with Gasteiger partial charge in [0.15, 0.2) is 0 Å². The fraction of sp³-hybridized carbons (Fsp3) is 0.273. The van der Waals surface area contributed by atoms with Crippen LogP contribution in [0.4, 0.5) is 16.2 Å². The van der Waals surface area contributed by atoms with Crippen LogP contribution < -0.4 is 22.1 Å². The van der Waals surface area contributed by atoms with Crippen molar-refractivity contribution in [3.63, 3.8) is 0 Å². The fourth-order valence-corrected chi connectivity index (χ4v) is 1.30. The van der Waals surface area contributed by atoms with Crippen LogP contribution in [0.15, 0.2) is 24.3 Å². The summed E-state index contributed by atoms with van der Waals surface area (Å²) in [5.74, 6) is -0.105. The van der Waals surface area contributed by atoms with Crippen LogP contribution >= 0.6 is 12.4 Å². The molecule has 0 aliphatic heterocycles. The molecule has 0 saturated carbocycles. The summed E-state index contributed by atoms with van der Waals surface area (Å²) in [4.78, 5) is 22.1. The number of primary amides is 1. The molecule has 1 aromatic carbocycles. The van der Waals surface area contributed by atoms with Gasteiger partial charge in [-0.1, -0.05) is 6.07 Å². The zero-order valence-electron chi connectivity index (χ0n) is 9.81. The normalized spacial score (nSPS) is 9.17. The molecule has 3 amide bonds. The van der Waals surface area contributed by atoms with Crippen LogP contribution in [0.3, 0.4) is 0 Å². The second-order valence-electron chi connectivity index (χ2n) is 3.51. The molecule has 0 radical (unpaired) electrons. The maximum atomic E-state index is 11.4. The zero-order chi connectivity index (χ0) is 12.7. The lowest BCUT2D eigenvalue weighted by atomic mass is 10.2. The molecular formula is C11H17ClN4O2. The van der Waals surface area contributed by atoms with E-state index in [1.54, 1.807) is 24.3 Å². The standard InChI is InChI=1S/C11H16N4O2.ClH/c12-6-2-5-10(16)14-8-3-1-4-9(7-8)15-11(13)17;/h1,3-4,7H,2,5-6,12H2,(H,14,16)(H3,13,15,17);1H. The van der Waals surface area contributed by atoms with Gasteiger partial charge in [-0.25, -0.2) is 4.79 Å². The number of urea groups is 1. The molecule has 0 atom stereocenters. The number of rotatable bonds is 5. The monoisotopic (exact) mass is 272 g/mol. The highest BCUT2D eigenvalue weighted by atomic mass is 35.5. The Labute approximate surface area is 112 Å². The van der Waals surface area contributed by atoms with Gasteiger partial charge in [-0.3, -0.25) is 4.79 Å². The molecule has 0 aliphatic rings. The Hall–Kier alpha value is -1.79. The number of hydrogen-bond acceptors (Lipinski definition) is 3. The first-order chi connectivity index (χ1) is 8.11. The molecule has 0 heterocycles. The van der Waals surface area contributed by atoms with Crippen LogP contribution in [0.5, 0.6) is 0 Å². The Morgan fingerprint density at radius 1 is 1.17 bits per heavy atom. The molecule has 6 N–H and O–H groups in total. The molecule has 7 heteroatoms. The molecule has 0 saturated heterocycles. The van der Waals surface area contributed by atoms with Crippen molar-refractivity contribution < 1.29 is 9.59 Å². The van der Waals surface area contributed by atoms with Crippen molar-refractivity contribution in [3.05, 3.63) is 24.3 Å². The second kappa shape index (κ2) is 8.32. The minimum absolute atomic E-state index is 0. The quantitative estimate of drug-likeness (QED) is 0.648. The third kappa shape index (κ3) is 6.07. The summed E-state index contributed by atoms with van der Waals surface area (Å²) in [5.41, 5.74) is 11.4. The molecule has 0 fully saturated rings. The summed E-state index contributed by atoms with van der Waals surface area (Å²) in [6, 6.07) is 6.11. The van der Waals surface area contributed by atoms with Crippen molar-refractivity contribution >= 4 is 35.7 Å². The molecule has 0 spiro atoms. The number of nitrogens with one attached hydrogen (secondary N) is 2. The van der Waals surface area contributed by atoms with Gasteiger partial charge in [-0.15, -0.1) is 12.4 Å². The van der Waals surface area contributed by atoms with Crippen molar-refractivity contribution in [3.8, 4) is 0 Å². The molecule has 1 rings (SSSR count). The predicted molar refractivity (Wildman–Crippen MR) is 73.8 cm³/mol. The maximum absolute atomic E-state index is 11.4. The molecule has 0 bridgehead atoms. The number of halogens is 1. The summed E-state index contributed by atoms with van der Waals surface area (Å²) >= 11 is 0. The molecule has 0 unspecified atom stereocenters. The first-order valence-corrected chi connectivity index (χ1v) is 5.28. The van der Waals surface area contributed by atoms with Crippen LogP contribution in [0.25, 0.3) is 0 Å². The van der Waals surface area contributed by atoms with Crippen LogP contribution in [0.2, 0.25) is 0 Å². The van der Waals surface area contributed by atoms with Crippen LogP contribution in [-0.4, -0.2) is 18.5 Å². The SMILES string of the molecule is Cl.NCCCC(=O)Nc1cccc(NC(N)=O)c1. The number of anilines is 2. The van der Waals surface area contributed by atoms with Crippen LogP contribution in [0.1, 0.15) is 12.8 Å². The van der Waals surface area contributed by atoms with E-state index in [1.165, 1.54) is 0 Å². The molecular weight excluding hydrogens is 256 g/mol. The lowest BCUT2D eigenvalue weighted by Gasteiger charge is -2.07. The topological polar surface area (TPSA) is 110 Å². The number of benzene rings is 1. The first kappa shape index (κ1) is 16.2. The highest BCUT2D eigenvalue weighted by Crippen LogP contribution is 2.15. The lowest BCUT2D eigenvalue weighted by molar-refractivity contribution is -0.116. The van der Waals surface area contributed by atoms with Gasteiger partial charge in [-0.2, -0.15) is 0 Å². The molecule has 6 nitrogen and oxygen atoms in total. The van der Waals surface area contributed by atoms with Gasteiger partial charge in [0.05, 0.1) is 0 Å². The highest BCUT2D eigenvalue weighted by Gasteiger charge is 2.02. The van der Waals surface area contributed by atoms with E-state index < -0.39 is 6.03 Å². The smallest absolute Gasteiger partial charge is 0.316 e. The van der Waals surface area contributed by atoms with Gasteiger partial charge in [0.2, 0.25) is 5.91 Å². The lowest BCUT2D eigenvalue weighted by Crippen LogP contribution is -2.19. The van der Waals surface area contributed by atoms with Gasteiger partial charge in [-0.05, 0) is 31.2 Å². The minimum atomic E-state index is -0.642. The van der Waals surface area contributed by atoms with E-state index in [0.717, 1.165) is 0 Å². The number of nitrogens with two attached hydrogens (primary N) is 2. The van der Waals surface area contributed by atoms with Gasteiger partial charge in [0.1, 0.15) is 0 Å². The summed E-state index contributed by atoms with van der Waals surface area (Å²) in [6.07, 6.45) is 1.02. The molecule has 1 aromatic rings. The van der Waals surface area contributed by atoms with Crippen molar-refractivity contribution in [2.45, 2.75) is 12.8 Å². The number of carbonyl (C=O) groups is 2. The Morgan fingerprint density at radius 3 is 2.33 bits per heavy atom. The fourth-order valence-electron chi connectivity index (χ4n) is 1.30. The number of hydrogen-bond donors (Lipinski definition) is 4. The first-order valence-electron chi connectivity index (χ1n) is 5.28. The average molecular weight is 273 g/mol. The molecule has 18 heavy (non-hydrogen) atoms. The van der Waals surface area contributed by atoms with E-state index in [2.05, 4.69) is 10.6 Å².